The molecule has 0 unspecified atom stereocenters. The van der Waals surface area contributed by atoms with E-state index in [-0.39, 0.29) is 0 Å². The minimum atomic E-state index is 0.723. The highest BCUT2D eigenvalue weighted by atomic mass is 35.5. The summed E-state index contributed by atoms with van der Waals surface area (Å²) in [6.45, 7) is 7.01. The lowest BCUT2D eigenvalue weighted by Crippen LogP contribution is -2.44. The van der Waals surface area contributed by atoms with E-state index in [1.54, 1.807) is 6.20 Å². The Bertz CT molecular complexity index is 304. The summed E-state index contributed by atoms with van der Waals surface area (Å²) < 4.78 is 2.03. The molecular weight excluding hydrogens is 200 g/mol. The Morgan fingerprint density at radius 1 is 1.50 bits per heavy atom. The van der Waals surface area contributed by atoms with Crippen LogP contribution in [0.3, 0.4) is 0 Å². The quantitative estimate of drug-likeness (QED) is 0.797. The highest BCUT2D eigenvalue weighted by Gasteiger charge is 2.16. The fourth-order valence-corrected chi connectivity index (χ4v) is 2.00. The summed E-state index contributed by atoms with van der Waals surface area (Å²) in [5.41, 5.74) is 0. The van der Waals surface area contributed by atoms with Gasteiger partial charge in [0.2, 0.25) is 5.95 Å². The van der Waals surface area contributed by atoms with Crippen LogP contribution in [-0.4, -0.2) is 35.7 Å². The Morgan fingerprint density at radius 3 is 2.86 bits per heavy atom. The van der Waals surface area contributed by atoms with Gasteiger partial charge in [0.15, 0.2) is 0 Å². The lowest BCUT2D eigenvalue weighted by molar-refractivity contribution is 0.568. The van der Waals surface area contributed by atoms with E-state index in [1.165, 1.54) is 0 Å². The third kappa shape index (κ3) is 1.72. The molecule has 1 saturated heterocycles. The van der Waals surface area contributed by atoms with Crippen LogP contribution in [-0.2, 0) is 6.54 Å². The Morgan fingerprint density at radius 2 is 2.21 bits per heavy atom. The second kappa shape index (κ2) is 4.19. The second-order valence-electron chi connectivity index (χ2n) is 3.36. The average Bonchev–Trinajstić information content (AvgIpc) is 2.61. The maximum atomic E-state index is 6.02. The van der Waals surface area contributed by atoms with E-state index in [0.717, 1.165) is 43.8 Å². The van der Waals surface area contributed by atoms with Gasteiger partial charge < -0.3 is 14.8 Å². The van der Waals surface area contributed by atoms with Crippen LogP contribution in [0.15, 0.2) is 6.20 Å². The summed E-state index contributed by atoms with van der Waals surface area (Å²) in [7, 11) is 0. The fourth-order valence-electron chi connectivity index (χ4n) is 1.76. The zero-order valence-corrected chi connectivity index (χ0v) is 9.09. The molecule has 2 heterocycles. The van der Waals surface area contributed by atoms with Crippen LogP contribution >= 0.6 is 11.6 Å². The topological polar surface area (TPSA) is 33.1 Å². The van der Waals surface area contributed by atoms with Crippen LogP contribution in [0.2, 0.25) is 5.15 Å². The van der Waals surface area contributed by atoms with Crippen molar-refractivity contribution in [1.82, 2.24) is 14.9 Å². The highest BCUT2D eigenvalue weighted by molar-refractivity contribution is 6.29. The normalized spacial score (nSPS) is 17.4. The van der Waals surface area contributed by atoms with Gasteiger partial charge >= 0.3 is 0 Å². The number of nitrogens with one attached hydrogen (secondary N) is 1. The molecule has 14 heavy (non-hydrogen) atoms. The fraction of sp³-hybridized carbons (Fsp3) is 0.667. The molecule has 0 aromatic carbocycles. The molecule has 1 aliphatic rings. The summed E-state index contributed by atoms with van der Waals surface area (Å²) in [6.07, 6.45) is 1.72. The van der Waals surface area contributed by atoms with Gasteiger partial charge in [-0.3, -0.25) is 0 Å². The third-order valence-electron chi connectivity index (χ3n) is 2.50. The van der Waals surface area contributed by atoms with Gasteiger partial charge in [-0.25, -0.2) is 4.98 Å². The molecule has 1 aliphatic heterocycles. The molecule has 2 rings (SSSR count). The average molecular weight is 215 g/mol. The maximum absolute atomic E-state index is 6.02. The van der Waals surface area contributed by atoms with E-state index in [1.807, 2.05) is 4.57 Å². The first-order valence-corrected chi connectivity index (χ1v) is 5.37. The number of aromatic nitrogens is 2. The number of anilines is 1. The molecular formula is C9H15ClN4. The van der Waals surface area contributed by atoms with Gasteiger partial charge in [0.25, 0.3) is 0 Å². The van der Waals surface area contributed by atoms with Crippen LogP contribution in [0, 0.1) is 0 Å². The predicted octanol–water partition coefficient (Wildman–Crippen LogP) is 0.966. The summed E-state index contributed by atoms with van der Waals surface area (Å²) >= 11 is 6.02. The molecule has 1 fully saturated rings. The summed E-state index contributed by atoms with van der Waals surface area (Å²) in [4.78, 5) is 6.61. The van der Waals surface area contributed by atoms with Crippen molar-refractivity contribution < 1.29 is 0 Å². The van der Waals surface area contributed by atoms with Gasteiger partial charge in [0, 0.05) is 32.7 Å². The monoisotopic (exact) mass is 214 g/mol. The van der Waals surface area contributed by atoms with E-state index < -0.39 is 0 Å². The van der Waals surface area contributed by atoms with E-state index in [9.17, 15) is 0 Å². The van der Waals surface area contributed by atoms with E-state index >= 15 is 0 Å². The second-order valence-corrected chi connectivity index (χ2v) is 3.75. The van der Waals surface area contributed by atoms with Crippen molar-refractivity contribution in [2.45, 2.75) is 13.5 Å². The van der Waals surface area contributed by atoms with Crippen molar-refractivity contribution in [2.75, 3.05) is 31.1 Å². The number of imidazole rings is 1. The first-order valence-electron chi connectivity index (χ1n) is 4.99. The molecule has 0 spiro atoms. The van der Waals surface area contributed by atoms with Crippen molar-refractivity contribution in [3.05, 3.63) is 11.3 Å². The maximum Gasteiger partial charge on any atom is 0.206 e. The minimum Gasteiger partial charge on any atom is -0.340 e. The van der Waals surface area contributed by atoms with E-state index in [2.05, 4.69) is 22.1 Å². The number of nitrogens with zero attached hydrogens (tertiary/aromatic N) is 3. The van der Waals surface area contributed by atoms with Gasteiger partial charge in [-0.2, -0.15) is 0 Å². The lowest BCUT2D eigenvalue weighted by atomic mass is 10.4. The molecule has 0 amide bonds. The molecule has 4 nitrogen and oxygen atoms in total. The molecule has 0 radical (unpaired) electrons. The van der Waals surface area contributed by atoms with Crippen molar-refractivity contribution in [2.24, 2.45) is 0 Å². The summed E-state index contributed by atoms with van der Waals surface area (Å²) in [6, 6.07) is 0. The predicted molar refractivity (Wildman–Crippen MR) is 58.0 cm³/mol. The molecule has 5 heteroatoms. The zero-order chi connectivity index (χ0) is 9.97. The Kier molecular flexibility index (Phi) is 2.93. The standard InChI is InChI=1S/C9H15ClN4/c1-2-14-8(10)7-12-9(14)13-5-3-11-4-6-13/h7,11H,2-6H2,1H3. The van der Waals surface area contributed by atoms with Gasteiger partial charge in [0.05, 0.1) is 6.20 Å². The molecule has 78 valence electrons. The van der Waals surface area contributed by atoms with Crippen LogP contribution in [0.1, 0.15) is 6.92 Å². The van der Waals surface area contributed by atoms with Gasteiger partial charge in [0.1, 0.15) is 5.15 Å². The molecule has 0 aliphatic carbocycles. The van der Waals surface area contributed by atoms with Crippen molar-refractivity contribution in [3.8, 4) is 0 Å². The molecule has 1 N–H and O–H groups in total. The SMILES string of the molecule is CCn1c(Cl)cnc1N1CCNCC1. The number of rotatable bonds is 2. The van der Waals surface area contributed by atoms with Gasteiger partial charge in [-0.15, -0.1) is 0 Å². The summed E-state index contributed by atoms with van der Waals surface area (Å²) in [5, 5.41) is 4.04. The highest BCUT2D eigenvalue weighted by Crippen LogP contribution is 2.19. The lowest BCUT2D eigenvalue weighted by Gasteiger charge is -2.28. The molecule has 0 atom stereocenters. The van der Waals surface area contributed by atoms with E-state index in [0.29, 0.717) is 0 Å². The van der Waals surface area contributed by atoms with Crippen molar-refractivity contribution in [1.29, 1.82) is 0 Å². The van der Waals surface area contributed by atoms with Crippen LogP contribution in [0.4, 0.5) is 5.95 Å². The van der Waals surface area contributed by atoms with E-state index in [4.69, 9.17) is 11.6 Å². The third-order valence-corrected chi connectivity index (χ3v) is 2.80. The largest absolute Gasteiger partial charge is 0.340 e. The zero-order valence-electron chi connectivity index (χ0n) is 8.33. The first-order chi connectivity index (χ1) is 6.83. The number of hydrogen-bond donors (Lipinski definition) is 1. The van der Waals surface area contributed by atoms with Gasteiger partial charge in [-0.1, -0.05) is 11.6 Å². The number of hydrogen-bond acceptors (Lipinski definition) is 3. The molecule has 1 aromatic heterocycles. The smallest absolute Gasteiger partial charge is 0.206 e. The molecule has 0 bridgehead atoms. The Hall–Kier alpha value is -0.740. The van der Waals surface area contributed by atoms with Crippen LogP contribution < -0.4 is 10.2 Å². The van der Waals surface area contributed by atoms with Crippen LogP contribution in [0.5, 0.6) is 0 Å². The van der Waals surface area contributed by atoms with Gasteiger partial charge in [-0.05, 0) is 6.92 Å². The first kappa shape index (κ1) is 9.80. The summed E-state index contributed by atoms with van der Waals surface area (Å²) in [5.74, 6) is 0.999. The minimum absolute atomic E-state index is 0.723. The number of halogens is 1. The van der Waals surface area contributed by atoms with Crippen molar-refractivity contribution >= 4 is 17.5 Å². The van der Waals surface area contributed by atoms with Crippen molar-refractivity contribution in [3.63, 3.8) is 0 Å². The Balaban J connectivity index is 2.21. The Labute approximate surface area is 88.9 Å². The van der Waals surface area contributed by atoms with Crippen LogP contribution in [0.25, 0.3) is 0 Å². The molecule has 1 aromatic rings. The number of piperazine rings is 1. The molecule has 0 saturated carbocycles.